The quantitative estimate of drug-likeness (QED) is 0.344. The van der Waals surface area contributed by atoms with Crippen LogP contribution in [-0.2, 0) is 4.79 Å². The van der Waals surface area contributed by atoms with E-state index >= 15 is 0 Å². The first kappa shape index (κ1) is 24.4. The molecule has 0 bridgehead atoms. The largest absolute Gasteiger partial charge is 0.493 e. The smallest absolute Gasteiger partial charge is 0.272 e. The van der Waals surface area contributed by atoms with E-state index in [1.54, 1.807) is 66.7 Å². The van der Waals surface area contributed by atoms with Gasteiger partial charge in [-0.15, -0.1) is 11.8 Å². The average Bonchev–Trinajstić information content (AvgIpc) is 2.87. The van der Waals surface area contributed by atoms with E-state index in [-0.39, 0.29) is 5.70 Å². The highest BCUT2D eigenvalue weighted by Gasteiger charge is 2.17. The van der Waals surface area contributed by atoms with Crippen LogP contribution in [0.25, 0.3) is 6.08 Å². The van der Waals surface area contributed by atoms with Crippen LogP contribution in [0, 0.1) is 11.3 Å². The maximum Gasteiger partial charge on any atom is 0.272 e. The first-order valence-electron chi connectivity index (χ1n) is 10.3. The number of hydrogen-bond acceptors (Lipinski definition) is 6. The fourth-order valence-electron chi connectivity index (χ4n) is 3.10. The van der Waals surface area contributed by atoms with E-state index in [1.807, 2.05) is 6.07 Å². The third kappa shape index (κ3) is 6.40. The van der Waals surface area contributed by atoms with Gasteiger partial charge in [0.1, 0.15) is 5.70 Å². The molecule has 0 aliphatic carbocycles. The third-order valence-electron chi connectivity index (χ3n) is 4.66. The minimum absolute atomic E-state index is 0.0236. The van der Waals surface area contributed by atoms with Gasteiger partial charge in [-0.05, 0) is 42.5 Å². The van der Waals surface area contributed by atoms with Crippen molar-refractivity contribution in [1.82, 2.24) is 5.32 Å². The molecule has 0 radical (unpaired) electrons. The Morgan fingerprint density at radius 1 is 1.00 bits per heavy atom. The molecule has 0 saturated carbocycles. The molecule has 0 aliphatic heterocycles. The van der Waals surface area contributed by atoms with Crippen LogP contribution in [0.15, 0.2) is 83.4 Å². The van der Waals surface area contributed by atoms with E-state index in [0.29, 0.717) is 34.1 Å². The number of ether oxygens (including phenoxy) is 2. The predicted octanol–water partition coefficient (Wildman–Crippen LogP) is 4.73. The summed E-state index contributed by atoms with van der Waals surface area (Å²) < 4.78 is 10.8. The molecule has 0 fully saturated rings. The van der Waals surface area contributed by atoms with Crippen molar-refractivity contribution in [2.45, 2.75) is 4.90 Å². The topological polar surface area (TPSA) is 100 Å². The Morgan fingerprint density at radius 2 is 1.76 bits per heavy atom. The van der Waals surface area contributed by atoms with Crippen molar-refractivity contribution in [2.24, 2.45) is 0 Å². The molecule has 3 aromatic rings. The van der Waals surface area contributed by atoms with Crippen molar-refractivity contribution in [3.05, 3.63) is 89.6 Å². The van der Waals surface area contributed by atoms with Gasteiger partial charge in [-0.1, -0.05) is 36.4 Å². The van der Waals surface area contributed by atoms with Crippen LogP contribution in [0.3, 0.4) is 0 Å². The van der Waals surface area contributed by atoms with Crippen molar-refractivity contribution >= 4 is 35.3 Å². The van der Waals surface area contributed by atoms with Gasteiger partial charge < -0.3 is 20.1 Å². The van der Waals surface area contributed by atoms with Gasteiger partial charge in [0.25, 0.3) is 11.8 Å². The molecule has 8 heteroatoms. The number of rotatable bonds is 9. The van der Waals surface area contributed by atoms with Gasteiger partial charge >= 0.3 is 0 Å². The van der Waals surface area contributed by atoms with Gasteiger partial charge in [-0.3, -0.25) is 9.59 Å². The number of nitriles is 1. The summed E-state index contributed by atoms with van der Waals surface area (Å²) in [6, 6.07) is 23.1. The van der Waals surface area contributed by atoms with Gasteiger partial charge in [0.15, 0.2) is 11.5 Å². The second kappa shape index (κ2) is 12.1. The van der Waals surface area contributed by atoms with Crippen molar-refractivity contribution in [1.29, 1.82) is 5.26 Å². The summed E-state index contributed by atoms with van der Waals surface area (Å²) in [7, 11) is 3.02. The molecule has 34 heavy (non-hydrogen) atoms. The molecule has 0 aromatic heterocycles. The second-order valence-corrected chi connectivity index (χ2v) is 7.94. The molecule has 0 atom stereocenters. The van der Waals surface area contributed by atoms with E-state index in [0.717, 1.165) is 4.90 Å². The summed E-state index contributed by atoms with van der Waals surface area (Å²) in [5, 5.41) is 14.3. The third-order valence-corrected chi connectivity index (χ3v) is 5.52. The molecule has 0 spiro atoms. The Morgan fingerprint density at radius 3 is 2.47 bits per heavy atom. The van der Waals surface area contributed by atoms with Crippen molar-refractivity contribution in [2.75, 3.05) is 25.3 Å². The van der Waals surface area contributed by atoms with Gasteiger partial charge in [-0.2, -0.15) is 5.26 Å². The lowest BCUT2D eigenvalue weighted by molar-refractivity contribution is -0.113. The van der Waals surface area contributed by atoms with Crippen LogP contribution >= 0.6 is 11.8 Å². The molecular weight excluding hydrogens is 450 g/mol. The fraction of sp³-hybridized carbons (Fsp3) is 0.115. The number of nitrogens with one attached hydrogen (secondary N) is 2. The first-order chi connectivity index (χ1) is 16.5. The molecule has 172 valence electrons. The summed E-state index contributed by atoms with van der Waals surface area (Å²) in [5.74, 6) is 0.274. The molecule has 2 amide bonds. The van der Waals surface area contributed by atoms with E-state index in [9.17, 15) is 9.59 Å². The molecule has 0 saturated heterocycles. The number of methoxy groups -OCH3 is 2. The van der Waals surface area contributed by atoms with Crippen LogP contribution in [0.5, 0.6) is 11.5 Å². The van der Waals surface area contributed by atoms with Crippen molar-refractivity contribution in [3.8, 4) is 17.6 Å². The Labute approximate surface area is 202 Å². The van der Waals surface area contributed by atoms with Crippen LogP contribution in [-0.4, -0.2) is 31.8 Å². The monoisotopic (exact) mass is 473 g/mol. The number of anilines is 1. The Kier molecular flexibility index (Phi) is 8.72. The second-order valence-electron chi connectivity index (χ2n) is 6.89. The number of hydrogen-bond donors (Lipinski definition) is 2. The zero-order valence-corrected chi connectivity index (χ0v) is 19.5. The highest BCUT2D eigenvalue weighted by molar-refractivity contribution is 7.99. The Hall–Kier alpha value is -4.22. The van der Waals surface area contributed by atoms with Crippen LogP contribution < -0.4 is 20.1 Å². The van der Waals surface area contributed by atoms with Gasteiger partial charge in [0.05, 0.1) is 26.0 Å². The number of carbonyl (C=O) groups excluding carboxylic acids is 2. The minimum atomic E-state index is -0.517. The Bertz CT molecular complexity index is 1240. The highest BCUT2D eigenvalue weighted by atomic mass is 32.2. The predicted molar refractivity (Wildman–Crippen MR) is 133 cm³/mol. The number of benzene rings is 3. The number of amides is 2. The number of thioether (sulfide) groups is 1. The summed E-state index contributed by atoms with van der Waals surface area (Å²) in [6.07, 6.45) is 1.53. The normalized spacial score (nSPS) is 10.7. The molecule has 3 rings (SSSR count). The molecular formula is C26H23N3O4S. The summed E-state index contributed by atoms with van der Waals surface area (Å²) in [5.41, 5.74) is 1.52. The maximum atomic E-state index is 13.2. The first-order valence-corrected chi connectivity index (χ1v) is 11.2. The van der Waals surface area contributed by atoms with Crippen molar-refractivity contribution in [3.63, 3.8) is 0 Å². The van der Waals surface area contributed by atoms with Crippen LogP contribution in [0.1, 0.15) is 15.9 Å². The molecule has 0 aliphatic rings. The lowest BCUT2D eigenvalue weighted by Crippen LogP contribution is -2.30. The molecule has 7 nitrogen and oxygen atoms in total. The molecule has 0 heterocycles. The summed E-state index contributed by atoms with van der Waals surface area (Å²) in [6.45, 7) is 0. The van der Waals surface area contributed by atoms with E-state index in [1.165, 1.54) is 32.1 Å². The van der Waals surface area contributed by atoms with E-state index in [4.69, 9.17) is 14.7 Å². The number of para-hydroxylation sites is 1. The molecule has 0 unspecified atom stereocenters. The Balaban J connectivity index is 1.95. The molecule has 2 N–H and O–H groups in total. The summed E-state index contributed by atoms with van der Waals surface area (Å²) in [4.78, 5) is 26.9. The lowest BCUT2D eigenvalue weighted by Gasteiger charge is -2.14. The molecule has 3 aromatic carbocycles. The number of nitrogens with zero attached hydrogens (tertiary/aromatic N) is 1. The lowest BCUT2D eigenvalue weighted by atomic mass is 10.1. The SMILES string of the molecule is COc1cccc(/C=C(/NC(=O)c2ccccc2)C(=O)Nc2cccc(SCC#N)c2)c1OC. The maximum absolute atomic E-state index is 13.2. The van der Waals surface area contributed by atoms with E-state index in [2.05, 4.69) is 16.7 Å². The van der Waals surface area contributed by atoms with E-state index < -0.39 is 11.8 Å². The van der Waals surface area contributed by atoms with Gasteiger partial charge in [-0.25, -0.2) is 0 Å². The van der Waals surface area contributed by atoms with Crippen LogP contribution in [0.4, 0.5) is 5.69 Å². The zero-order valence-electron chi connectivity index (χ0n) is 18.7. The van der Waals surface area contributed by atoms with Crippen molar-refractivity contribution < 1.29 is 19.1 Å². The van der Waals surface area contributed by atoms with Gasteiger partial charge in [0.2, 0.25) is 0 Å². The number of carbonyl (C=O) groups is 2. The van der Waals surface area contributed by atoms with Gasteiger partial charge in [0, 0.05) is 21.7 Å². The van der Waals surface area contributed by atoms with Crippen LogP contribution in [0.2, 0.25) is 0 Å². The minimum Gasteiger partial charge on any atom is -0.493 e. The zero-order chi connectivity index (χ0) is 24.3. The highest BCUT2D eigenvalue weighted by Crippen LogP contribution is 2.32. The fourth-order valence-corrected chi connectivity index (χ4v) is 3.72. The standard InChI is InChI=1S/C26H23N3O4S/c1-32-23-13-6-10-19(24(23)33-2)16-22(29-25(30)18-8-4-3-5-9-18)26(31)28-20-11-7-12-21(17-20)34-15-14-27/h3-13,16-17H,15H2,1-2H3,(H,28,31)(H,29,30)/b22-16+. The average molecular weight is 474 g/mol. The summed E-state index contributed by atoms with van der Waals surface area (Å²) >= 11 is 1.36.